The van der Waals surface area contributed by atoms with Crippen LogP contribution in [0.5, 0.6) is 0 Å². The SMILES string of the molecule is Cc1c(CCO)nc(C(C)C)[nH]c1=O. The predicted molar refractivity (Wildman–Crippen MR) is 54.5 cm³/mol. The van der Waals surface area contributed by atoms with E-state index in [0.29, 0.717) is 23.5 Å². The lowest BCUT2D eigenvalue weighted by Crippen LogP contribution is -2.19. The van der Waals surface area contributed by atoms with Crippen molar-refractivity contribution in [1.82, 2.24) is 9.97 Å². The van der Waals surface area contributed by atoms with Crippen LogP contribution in [-0.4, -0.2) is 21.7 Å². The van der Waals surface area contributed by atoms with Crippen molar-refractivity contribution < 1.29 is 5.11 Å². The van der Waals surface area contributed by atoms with Crippen LogP contribution in [0.1, 0.15) is 36.8 Å². The van der Waals surface area contributed by atoms with Crippen LogP contribution in [0.4, 0.5) is 0 Å². The number of aliphatic hydroxyl groups is 1. The first-order chi connectivity index (χ1) is 6.56. The van der Waals surface area contributed by atoms with Gasteiger partial charge in [-0.2, -0.15) is 0 Å². The molecule has 0 saturated heterocycles. The van der Waals surface area contributed by atoms with E-state index >= 15 is 0 Å². The average Bonchev–Trinajstić information content (AvgIpc) is 2.12. The second kappa shape index (κ2) is 4.37. The second-order valence-electron chi connectivity index (χ2n) is 3.65. The molecule has 0 unspecified atom stereocenters. The number of nitrogens with zero attached hydrogens (tertiary/aromatic N) is 1. The Balaban J connectivity index is 3.21. The first kappa shape index (κ1) is 10.9. The van der Waals surface area contributed by atoms with Crippen molar-refractivity contribution in [3.8, 4) is 0 Å². The molecule has 1 aromatic rings. The van der Waals surface area contributed by atoms with Crippen LogP contribution >= 0.6 is 0 Å². The second-order valence-corrected chi connectivity index (χ2v) is 3.65. The summed E-state index contributed by atoms with van der Waals surface area (Å²) < 4.78 is 0. The molecule has 0 aliphatic rings. The zero-order chi connectivity index (χ0) is 10.7. The zero-order valence-corrected chi connectivity index (χ0v) is 8.79. The van der Waals surface area contributed by atoms with Gasteiger partial charge in [-0.3, -0.25) is 4.79 Å². The summed E-state index contributed by atoms with van der Waals surface area (Å²) in [5, 5.41) is 8.81. The van der Waals surface area contributed by atoms with Gasteiger partial charge in [0.2, 0.25) is 0 Å². The maximum Gasteiger partial charge on any atom is 0.254 e. The first-order valence-corrected chi connectivity index (χ1v) is 4.76. The van der Waals surface area contributed by atoms with Crippen molar-refractivity contribution in [1.29, 1.82) is 0 Å². The van der Waals surface area contributed by atoms with Gasteiger partial charge in [0, 0.05) is 24.5 Å². The van der Waals surface area contributed by atoms with Crippen molar-refractivity contribution in [3.63, 3.8) is 0 Å². The normalized spacial score (nSPS) is 10.9. The monoisotopic (exact) mass is 196 g/mol. The molecule has 1 heterocycles. The molecule has 0 fully saturated rings. The van der Waals surface area contributed by atoms with E-state index in [1.807, 2.05) is 13.8 Å². The Morgan fingerprint density at radius 3 is 2.64 bits per heavy atom. The summed E-state index contributed by atoms with van der Waals surface area (Å²) in [6, 6.07) is 0. The van der Waals surface area contributed by atoms with Crippen LogP contribution in [0.2, 0.25) is 0 Å². The molecule has 0 amide bonds. The molecule has 4 heteroatoms. The summed E-state index contributed by atoms with van der Waals surface area (Å²) in [4.78, 5) is 18.5. The van der Waals surface area contributed by atoms with E-state index in [0.717, 1.165) is 0 Å². The number of nitrogens with one attached hydrogen (secondary N) is 1. The van der Waals surface area contributed by atoms with Gasteiger partial charge < -0.3 is 10.1 Å². The molecule has 4 nitrogen and oxygen atoms in total. The average molecular weight is 196 g/mol. The Morgan fingerprint density at radius 2 is 2.14 bits per heavy atom. The van der Waals surface area contributed by atoms with E-state index in [-0.39, 0.29) is 18.1 Å². The van der Waals surface area contributed by atoms with Crippen LogP contribution in [0.3, 0.4) is 0 Å². The van der Waals surface area contributed by atoms with Crippen LogP contribution in [0.25, 0.3) is 0 Å². The van der Waals surface area contributed by atoms with Crippen LogP contribution in [-0.2, 0) is 6.42 Å². The molecule has 14 heavy (non-hydrogen) atoms. The highest BCUT2D eigenvalue weighted by Gasteiger charge is 2.08. The lowest BCUT2D eigenvalue weighted by atomic mass is 10.1. The first-order valence-electron chi connectivity index (χ1n) is 4.76. The molecule has 0 aromatic carbocycles. The van der Waals surface area contributed by atoms with E-state index < -0.39 is 0 Å². The smallest absolute Gasteiger partial charge is 0.254 e. The van der Waals surface area contributed by atoms with Gasteiger partial charge in [-0.1, -0.05) is 13.8 Å². The van der Waals surface area contributed by atoms with Crippen molar-refractivity contribution >= 4 is 0 Å². The third kappa shape index (κ3) is 2.20. The standard InChI is InChI=1S/C10H16N2O2/c1-6(2)9-11-8(4-5-13)7(3)10(14)12-9/h6,13H,4-5H2,1-3H3,(H,11,12,14). The maximum absolute atomic E-state index is 11.5. The molecule has 78 valence electrons. The highest BCUT2D eigenvalue weighted by Crippen LogP contribution is 2.08. The molecule has 0 atom stereocenters. The van der Waals surface area contributed by atoms with E-state index in [9.17, 15) is 4.79 Å². The molecule has 2 N–H and O–H groups in total. The summed E-state index contributed by atoms with van der Waals surface area (Å²) in [7, 11) is 0. The Bertz CT molecular complexity index is 369. The van der Waals surface area contributed by atoms with Gasteiger partial charge in [0.25, 0.3) is 5.56 Å². The van der Waals surface area contributed by atoms with Gasteiger partial charge in [0.15, 0.2) is 0 Å². The third-order valence-electron chi connectivity index (χ3n) is 2.17. The minimum atomic E-state index is -0.104. The fraction of sp³-hybridized carbons (Fsp3) is 0.600. The van der Waals surface area contributed by atoms with Gasteiger partial charge in [-0.05, 0) is 6.92 Å². The van der Waals surface area contributed by atoms with E-state index in [2.05, 4.69) is 9.97 Å². The number of aromatic nitrogens is 2. The van der Waals surface area contributed by atoms with Crippen molar-refractivity contribution in [3.05, 3.63) is 27.4 Å². The van der Waals surface area contributed by atoms with Gasteiger partial charge in [0.05, 0.1) is 5.69 Å². The lowest BCUT2D eigenvalue weighted by Gasteiger charge is -2.08. The Hall–Kier alpha value is -1.16. The van der Waals surface area contributed by atoms with Gasteiger partial charge in [-0.25, -0.2) is 4.98 Å². The van der Waals surface area contributed by atoms with Crippen LogP contribution < -0.4 is 5.56 Å². The molecular formula is C10H16N2O2. The summed E-state index contributed by atoms with van der Waals surface area (Å²) >= 11 is 0. The third-order valence-corrected chi connectivity index (χ3v) is 2.17. The molecule has 0 spiro atoms. The topological polar surface area (TPSA) is 66.0 Å². The number of H-pyrrole nitrogens is 1. The van der Waals surface area contributed by atoms with E-state index in [1.54, 1.807) is 6.92 Å². The summed E-state index contributed by atoms with van der Waals surface area (Å²) in [5.41, 5.74) is 1.19. The largest absolute Gasteiger partial charge is 0.396 e. The number of aliphatic hydroxyl groups excluding tert-OH is 1. The Morgan fingerprint density at radius 1 is 1.50 bits per heavy atom. The quantitative estimate of drug-likeness (QED) is 0.749. The molecule has 1 aromatic heterocycles. The lowest BCUT2D eigenvalue weighted by molar-refractivity contribution is 0.297. The van der Waals surface area contributed by atoms with Crippen molar-refractivity contribution in [2.45, 2.75) is 33.1 Å². The highest BCUT2D eigenvalue weighted by atomic mass is 16.3. The molecular weight excluding hydrogens is 180 g/mol. The van der Waals surface area contributed by atoms with Crippen molar-refractivity contribution in [2.24, 2.45) is 0 Å². The van der Waals surface area contributed by atoms with E-state index in [4.69, 9.17) is 5.11 Å². The minimum absolute atomic E-state index is 0.0226. The maximum atomic E-state index is 11.5. The number of rotatable bonds is 3. The molecule has 0 saturated carbocycles. The van der Waals surface area contributed by atoms with Crippen LogP contribution in [0, 0.1) is 6.92 Å². The molecule has 0 aliphatic heterocycles. The predicted octanol–water partition coefficient (Wildman–Crippen LogP) is 0.737. The number of hydrogen-bond donors (Lipinski definition) is 2. The Labute approximate surface area is 83.0 Å². The number of hydrogen-bond acceptors (Lipinski definition) is 3. The van der Waals surface area contributed by atoms with E-state index in [1.165, 1.54) is 0 Å². The minimum Gasteiger partial charge on any atom is -0.396 e. The molecule has 0 bridgehead atoms. The Kier molecular flexibility index (Phi) is 3.41. The molecule has 0 radical (unpaired) electrons. The van der Waals surface area contributed by atoms with Gasteiger partial charge in [-0.15, -0.1) is 0 Å². The van der Waals surface area contributed by atoms with Gasteiger partial charge >= 0.3 is 0 Å². The summed E-state index contributed by atoms with van der Waals surface area (Å²) in [6.07, 6.45) is 0.440. The van der Waals surface area contributed by atoms with Crippen LogP contribution in [0.15, 0.2) is 4.79 Å². The number of aromatic amines is 1. The molecule has 1 rings (SSSR count). The summed E-state index contributed by atoms with van der Waals surface area (Å²) in [5.74, 6) is 0.879. The highest BCUT2D eigenvalue weighted by molar-refractivity contribution is 5.17. The molecule has 0 aliphatic carbocycles. The fourth-order valence-corrected chi connectivity index (χ4v) is 1.22. The summed E-state index contributed by atoms with van der Waals surface area (Å²) in [6.45, 7) is 5.68. The zero-order valence-electron chi connectivity index (χ0n) is 8.79. The van der Waals surface area contributed by atoms with Crippen molar-refractivity contribution in [2.75, 3.05) is 6.61 Å². The fourth-order valence-electron chi connectivity index (χ4n) is 1.22. The van der Waals surface area contributed by atoms with Gasteiger partial charge in [0.1, 0.15) is 5.82 Å².